The molecule has 1 heterocycles. The van der Waals surface area contributed by atoms with Crippen LogP contribution >= 0.6 is 7.60 Å². The van der Waals surface area contributed by atoms with Crippen molar-refractivity contribution in [3.63, 3.8) is 0 Å². The molecule has 1 atom stereocenters. The van der Waals surface area contributed by atoms with Crippen LogP contribution in [-0.2, 0) is 20.6 Å². The van der Waals surface area contributed by atoms with Crippen molar-refractivity contribution in [3.05, 3.63) is 32.6 Å². The maximum absolute atomic E-state index is 12.0. The number of carbonyl (C=O) groups excluding carboxylic acids is 1. The summed E-state index contributed by atoms with van der Waals surface area (Å²) in [5.74, 6) is -0.416. The molecule has 0 amide bonds. The van der Waals surface area contributed by atoms with Gasteiger partial charge in [-0.25, -0.2) is 4.79 Å². The number of aromatic nitrogens is 2. The maximum atomic E-state index is 12.0. The van der Waals surface area contributed by atoms with Crippen molar-refractivity contribution in [2.75, 3.05) is 6.35 Å². The van der Waals surface area contributed by atoms with Crippen LogP contribution in [0.15, 0.2) is 15.8 Å². The molecule has 1 aromatic rings. The van der Waals surface area contributed by atoms with Crippen LogP contribution in [0, 0.1) is 0 Å². The third-order valence-corrected chi connectivity index (χ3v) is 2.98. The molecule has 1 aromatic heterocycles. The molecule has 5 N–H and O–H groups in total. The van der Waals surface area contributed by atoms with Gasteiger partial charge in [-0.15, -0.1) is 0 Å². The molecule has 21 heavy (non-hydrogen) atoms. The van der Waals surface area contributed by atoms with E-state index in [0.29, 0.717) is 6.42 Å². The Labute approximate surface area is 118 Å². The molecule has 118 valence electrons. The lowest BCUT2D eigenvalue weighted by atomic mass is 10.0. The second-order valence-corrected chi connectivity index (χ2v) is 5.84. The molecule has 0 unspecified atom stereocenters. The summed E-state index contributed by atoms with van der Waals surface area (Å²) in [4.78, 5) is 60.3. The van der Waals surface area contributed by atoms with Crippen molar-refractivity contribution in [2.45, 2.75) is 25.8 Å². The Balaban J connectivity index is 2.65. The SMILES string of the molecule is CC[C@H](NOCP(=O)(O)O)C(=O)Cc1c[nH]c(=O)[nH]c1=O. The summed E-state index contributed by atoms with van der Waals surface area (Å²) in [7, 11) is -4.33. The molecule has 0 aromatic carbocycles. The van der Waals surface area contributed by atoms with Crippen molar-refractivity contribution < 1.29 is 24.0 Å². The number of Topliss-reactive ketones (excluding diaryl/α,β-unsaturated/α-hetero) is 1. The minimum atomic E-state index is -4.33. The number of ketones is 1. The van der Waals surface area contributed by atoms with Crippen molar-refractivity contribution in [1.82, 2.24) is 15.4 Å². The highest BCUT2D eigenvalue weighted by Gasteiger charge is 2.20. The van der Waals surface area contributed by atoms with Gasteiger partial charge in [0.1, 0.15) is 0 Å². The Kier molecular flexibility index (Phi) is 6.19. The maximum Gasteiger partial charge on any atom is 0.353 e. The summed E-state index contributed by atoms with van der Waals surface area (Å²) in [6.45, 7) is 1.66. The average molecular weight is 321 g/mol. The first-order chi connectivity index (χ1) is 9.73. The zero-order chi connectivity index (χ0) is 16.0. The van der Waals surface area contributed by atoms with Crippen LogP contribution in [0.4, 0.5) is 0 Å². The number of hydroxylamine groups is 1. The van der Waals surface area contributed by atoms with Crippen LogP contribution in [-0.4, -0.2) is 37.9 Å². The second-order valence-electron chi connectivity index (χ2n) is 4.26. The minimum absolute atomic E-state index is 0.0786. The van der Waals surface area contributed by atoms with Gasteiger partial charge in [-0.1, -0.05) is 6.92 Å². The Morgan fingerprint density at radius 2 is 2.14 bits per heavy atom. The zero-order valence-electron chi connectivity index (χ0n) is 11.2. The molecule has 0 spiro atoms. The van der Waals surface area contributed by atoms with E-state index in [1.54, 1.807) is 6.92 Å². The van der Waals surface area contributed by atoms with Gasteiger partial charge in [0.2, 0.25) is 0 Å². The number of hydrogen-bond donors (Lipinski definition) is 5. The van der Waals surface area contributed by atoms with Gasteiger partial charge in [0.05, 0.1) is 6.04 Å². The molecule has 0 aliphatic rings. The van der Waals surface area contributed by atoms with Crippen molar-refractivity contribution in [2.24, 2.45) is 0 Å². The number of rotatable bonds is 8. The predicted octanol–water partition coefficient (Wildman–Crippen LogP) is -1.39. The monoisotopic (exact) mass is 321 g/mol. The highest BCUT2D eigenvalue weighted by Crippen LogP contribution is 2.33. The van der Waals surface area contributed by atoms with Gasteiger partial charge >= 0.3 is 13.3 Å². The highest BCUT2D eigenvalue weighted by atomic mass is 31.2. The summed E-state index contributed by atoms with van der Waals surface area (Å²) in [5, 5.41) is 0. The third-order valence-electron chi connectivity index (χ3n) is 2.52. The van der Waals surface area contributed by atoms with Gasteiger partial charge < -0.3 is 14.8 Å². The quantitative estimate of drug-likeness (QED) is 0.289. The van der Waals surface area contributed by atoms with Gasteiger partial charge in [0, 0.05) is 18.2 Å². The Hall–Kier alpha value is -1.58. The second kappa shape index (κ2) is 7.43. The van der Waals surface area contributed by atoms with Gasteiger partial charge in [-0.3, -0.25) is 24.0 Å². The predicted molar refractivity (Wildman–Crippen MR) is 71.6 cm³/mol. The molecule has 0 aliphatic carbocycles. The fourth-order valence-electron chi connectivity index (χ4n) is 1.48. The standard InChI is InChI=1S/C10H16N3O7P/c1-2-7(13-20-5-21(17,18)19)8(14)3-6-4-11-10(16)12-9(6)15/h4,7,13H,2-3,5H2,1H3,(H2,17,18,19)(H2,11,12,15,16)/t7-/m0/s1. The Bertz CT molecular complexity index is 647. The first-order valence-electron chi connectivity index (χ1n) is 5.98. The van der Waals surface area contributed by atoms with Crippen LogP contribution in [0.25, 0.3) is 0 Å². The number of hydrogen-bond acceptors (Lipinski definition) is 6. The van der Waals surface area contributed by atoms with Gasteiger partial charge in [-0.2, -0.15) is 5.48 Å². The lowest BCUT2D eigenvalue weighted by molar-refractivity contribution is -0.124. The number of nitrogens with one attached hydrogen (secondary N) is 3. The number of H-pyrrole nitrogens is 2. The summed E-state index contributed by atoms with van der Waals surface area (Å²) >= 11 is 0. The van der Waals surface area contributed by atoms with Crippen molar-refractivity contribution in [1.29, 1.82) is 0 Å². The van der Waals surface area contributed by atoms with Crippen LogP contribution < -0.4 is 16.7 Å². The summed E-state index contributed by atoms with van der Waals surface area (Å²) in [6, 6.07) is -0.831. The Morgan fingerprint density at radius 1 is 1.48 bits per heavy atom. The average Bonchev–Trinajstić information content (AvgIpc) is 2.36. The van der Waals surface area contributed by atoms with E-state index in [0.717, 1.165) is 6.20 Å². The third kappa shape index (κ3) is 6.15. The van der Waals surface area contributed by atoms with Gasteiger partial charge in [-0.05, 0) is 6.42 Å². The van der Waals surface area contributed by atoms with E-state index in [9.17, 15) is 18.9 Å². The molecular weight excluding hydrogens is 305 g/mol. The van der Waals surface area contributed by atoms with E-state index < -0.39 is 37.0 Å². The zero-order valence-corrected chi connectivity index (χ0v) is 12.1. The Morgan fingerprint density at radius 3 is 2.67 bits per heavy atom. The van der Waals surface area contributed by atoms with Crippen LogP contribution in [0.2, 0.25) is 0 Å². The molecule has 0 bridgehead atoms. The first kappa shape index (κ1) is 17.5. The molecular formula is C10H16N3O7P. The molecule has 0 fully saturated rings. The van der Waals surface area contributed by atoms with Crippen molar-refractivity contribution in [3.8, 4) is 0 Å². The molecule has 0 saturated heterocycles. The van der Waals surface area contributed by atoms with E-state index in [-0.39, 0.29) is 12.0 Å². The lowest BCUT2D eigenvalue weighted by Gasteiger charge is -2.15. The van der Waals surface area contributed by atoms with E-state index in [1.807, 2.05) is 4.98 Å². The lowest BCUT2D eigenvalue weighted by Crippen LogP contribution is -2.38. The molecule has 1 rings (SSSR count). The number of aromatic amines is 2. The first-order valence-corrected chi connectivity index (χ1v) is 7.78. The molecule has 10 nitrogen and oxygen atoms in total. The van der Waals surface area contributed by atoms with E-state index in [2.05, 4.69) is 15.3 Å². The fraction of sp³-hybridized carbons (Fsp3) is 0.500. The number of carbonyl (C=O) groups is 1. The van der Waals surface area contributed by atoms with Gasteiger partial charge in [0.25, 0.3) is 5.56 Å². The molecule has 11 heteroatoms. The topological polar surface area (TPSA) is 162 Å². The molecule has 0 saturated carbocycles. The molecule has 0 aliphatic heterocycles. The normalized spacial score (nSPS) is 13.1. The summed E-state index contributed by atoms with van der Waals surface area (Å²) in [5.41, 5.74) is 0.986. The molecule has 0 radical (unpaired) electrons. The van der Waals surface area contributed by atoms with E-state index in [4.69, 9.17) is 9.79 Å². The smallest absolute Gasteiger partial charge is 0.323 e. The van der Waals surface area contributed by atoms with Crippen LogP contribution in [0.1, 0.15) is 18.9 Å². The largest absolute Gasteiger partial charge is 0.353 e. The van der Waals surface area contributed by atoms with E-state index >= 15 is 0 Å². The van der Waals surface area contributed by atoms with Crippen LogP contribution in [0.5, 0.6) is 0 Å². The van der Waals surface area contributed by atoms with Crippen molar-refractivity contribution >= 4 is 13.4 Å². The minimum Gasteiger partial charge on any atom is -0.323 e. The summed E-state index contributed by atoms with van der Waals surface area (Å²) < 4.78 is 10.6. The van der Waals surface area contributed by atoms with Crippen LogP contribution in [0.3, 0.4) is 0 Å². The summed E-state index contributed by atoms with van der Waals surface area (Å²) in [6.07, 6.45) is 0.316. The van der Waals surface area contributed by atoms with E-state index in [1.165, 1.54) is 0 Å². The van der Waals surface area contributed by atoms with Gasteiger partial charge in [0.15, 0.2) is 12.1 Å². The highest BCUT2D eigenvalue weighted by molar-refractivity contribution is 7.51. The fourth-order valence-corrected chi connectivity index (χ4v) is 1.72.